The van der Waals surface area contributed by atoms with E-state index in [0.29, 0.717) is 0 Å². The normalized spacial score (nSPS) is 16.1. The molecule has 2 heterocycles. The number of benzene rings is 1. The number of amides is 1. The second-order valence-electron chi connectivity index (χ2n) is 4.36. The molecule has 1 aliphatic heterocycles. The summed E-state index contributed by atoms with van der Waals surface area (Å²) in [6.45, 7) is 1.80. The quantitative estimate of drug-likeness (QED) is 0.739. The molecule has 0 radical (unpaired) electrons. The van der Waals surface area contributed by atoms with Crippen LogP contribution < -0.4 is 0 Å². The summed E-state index contributed by atoms with van der Waals surface area (Å²) in [4.78, 5) is 18.5. The van der Waals surface area contributed by atoms with Crippen molar-refractivity contribution >= 4 is 38.6 Å². The standard InChI is InChI=1S/C13H14N2OS2/c16-13(15-8-4-1-5-9-15)18-12-14-10-6-2-3-7-11(10)17-12/h2-3,6-7H,1,4-5,8-9H2. The first-order valence-corrected chi connectivity index (χ1v) is 7.78. The average molecular weight is 278 g/mol. The van der Waals surface area contributed by atoms with Crippen LogP contribution in [0.4, 0.5) is 4.79 Å². The highest BCUT2D eigenvalue weighted by molar-refractivity contribution is 8.14. The number of piperidine rings is 1. The minimum absolute atomic E-state index is 0.147. The van der Waals surface area contributed by atoms with Gasteiger partial charge in [-0.1, -0.05) is 12.1 Å². The summed E-state index contributed by atoms with van der Waals surface area (Å²) in [7, 11) is 0. The van der Waals surface area contributed by atoms with E-state index in [1.807, 2.05) is 29.2 Å². The molecule has 0 atom stereocenters. The van der Waals surface area contributed by atoms with Gasteiger partial charge in [-0.05, 0) is 31.4 Å². The average Bonchev–Trinajstić information content (AvgIpc) is 2.82. The molecule has 0 saturated carbocycles. The number of nitrogens with zero attached hydrogens (tertiary/aromatic N) is 2. The number of likely N-dealkylation sites (tertiary alicyclic amines) is 1. The number of fused-ring (bicyclic) bond motifs is 1. The lowest BCUT2D eigenvalue weighted by Crippen LogP contribution is -2.32. The van der Waals surface area contributed by atoms with Crippen LogP contribution in [0.15, 0.2) is 28.6 Å². The van der Waals surface area contributed by atoms with Gasteiger partial charge >= 0.3 is 0 Å². The lowest BCUT2D eigenvalue weighted by molar-refractivity contribution is 0.211. The number of aromatic nitrogens is 1. The van der Waals surface area contributed by atoms with E-state index in [0.717, 1.165) is 40.5 Å². The van der Waals surface area contributed by atoms with Crippen LogP contribution in [0.5, 0.6) is 0 Å². The zero-order valence-corrected chi connectivity index (χ0v) is 11.6. The van der Waals surface area contributed by atoms with Gasteiger partial charge in [0, 0.05) is 24.9 Å². The Morgan fingerprint density at radius 2 is 2.00 bits per heavy atom. The Labute approximate surface area is 114 Å². The first-order valence-electron chi connectivity index (χ1n) is 6.15. The van der Waals surface area contributed by atoms with E-state index in [-0.39, 0.29) is 5.24 Å². The van der Waals surface area contributed by atoms with E-state index in [2.05, 4.69) is 4.98 Å². The van der Waals surface area contributed by atoms with Crippen LogP contribution in [0, 0.1) is 0 Å². The number of rotatable bonds is 1. The molecule has 1 amide bonds. The number of hydrogen-bond donors (Lipinski definition) is 0. The van der Waals surface area contributed by atoms with E-state index in [1.54, 1.807) is 11.3 Å². The largest absolute Gasteiger partial charge is 0.333 e. The van der Waals surface area contributed by atoms with Gasteiger partial charge in [-0.15, -0.1) is 11.3 Å². The predicted molar refractivity (Wildman–Crippen MR) is 76.3 cm³/mol. The van der Waals surface area contributed by atoms with Gasteiger partial charge in [-0.25, -0.2) is 4.98 Å². The Hall–Kier alpha value is -1.07. The summed E-state index contributed by atoms with van der Waals surface area (Å²) in [5.74, 6) is 0. The summed E-state index contributed by atoms with van der Waals surface area (Å²) >= 11 is 2.86. The number of thioether (sulfide) groups is 1. The minimum atomic E-state index is 0.147. The van der Waals surface area contributed by atoms with Crippen molar-refractivity contribution in [3.8, 4) is 0 Å². The maximum Gasteiger partial charge on any atom is 0.288 e. The van der Waals surface area contributed by atoms with Crippen LogP contribution in [0.2, 0.25) is 0 Å². The molecule has 0 aliphatic carbocycles. The maximum absolute atomic E-state index is 12.1. The highest BCUT2D eigenvalue weighted by atomic mass is 32.2. The Balaban J connectivity index is 1.73. The highest BCUT2D eigenvalue weighted by Crippen LogP contribution is 2.31. The molecule has 94 valence electrons. The second-order valence-corrected chi connectivity index (χ2v) is 6.59. The Morgan fingerprint density at radius 3 is 2.78 bits per heavy atom. The van der Waals surface area contributed by atoms with Crippen molar-refractivity contribution < 1.29 is 4.79 Å². The molecule has 1 fully saturated rings. The predicted octanol–water partition coefficient (Wildman–Crippen LogP) is 3.99. The van der Waals surface area contributed by atoms with Crippen LogP contribution >= 0.6 is 23.1 Å². The SMILES string of the molecule is O=C(Sc1nc2ccccc2s1)N1CCCCC1. The molecular formula is C13H14N2OS2. The second kappa shape index (κ2) is 5.28. The lowest BCUT2D eigenvalue weighted by Gasteiger charge is -2.25. The Morgan fingerprint density at radius 1 is 1.22 bits per heavy atom. The lowest BCUT2D eigenvalue weighted by atomic mass is 10.1. The van der Waals surface area contributed by atoms with Gasteiger partial charge in [0.25, 0.3) is 5.24 Å². The fourth-order valence-electron chi connectivity index (χ4n) is 2.11. The van der Waals surface area contributed by atoms with Crippen molar-refractivity contribution in [3.05, 3.63) is 24.3 Å². The molecule has 0 spiro atoms. The Bertz CT molecular complexity index is 528. The summed E-state index contributed by atoms with van der Waals surface area (Å²) < 4.78 is 2.00. The molecule has 1 saturated heterocycles. The molecule has 0 unspecified atom stereocenters. The number of hydrogen-bond acceptors (Lipinski definition) is 4. The first kappa shape index (κ1) is 12.0. The van der Waals surface area contributed by atoms with Gasteiger partial charge in [0.05, 0.1) is 10.2 Å². The fraction of sp³-hybridized carbons (Fsp3) is 0.385. The monoisotopic (exact) mass is 278 g/mol. The van der Waals surface area contributed by atoms with Gasteiger partial charge < -0.3 is 4.90 Å². The zero-order valence-electron chi connectivity index (χ0n) is 9.96. The van der Waals surface area contributed by atoms with Crippen LogP contribution in [0.3, 0.4) is 0 Å². The van der Waals surface area contributed by atoms with Gasteiger partial charge in [0.15, 0.2) is 4.34 Å². The molecule has 0 bridgehead atoms. The third-order valence-corrected chi connectivity index (χ3v) is 5.09. The number of carbonyl (C=O) groups excluding carboxylic acids is 1. The van der Waals surface area contributed by atoms with Gasteiger partial charge in [-0.2, -0.15) is 0 Å². The maximum atomic E-state index is 12.1. The fourth-order valence-corrected chi connectivity index (χ4v) is 4.06. The molecule has 1 aromatic heterocycles. The molecule has 0 N–H and O–H groups in total. The number of carbonyl (C=O) groups is 1. The van der Waals surface area contributed by atoms with Crippen LogP contribution in [-0.2, 0) is 0 Å². The molecule has 1 aliphatic rings. The van der Waals surface area contributed by atoms with E-state index in [4.69, 9.17) is 0 Å². The minimum Gasteiger partial charge on any atom is -0.333 e. The van der Waals surface area contributed by atoms with Gasteiger partial charge in [0.1, 0.15) is 0 Å². The molecule has 5 heteroatoms. The molecule has 3 rings (SSSR count). The smallest absolute Gasteiger partial charge is 0.288 e. The molecular weight excluding hydrogens is 264 g/mol. The highest BCUT2D eigenvalue weighted by Gasteiger charge is 2.19. The van der Waals surface area contributed by atoms with Crippen molar-refractivity contribution in [2.24, 2.45) is 0 Å². The Kier molecular flexibility index (Phi) is 3.52. The van der Waals surface area contributed by atoms with Gasteiger partial charge in [-0.3, -0.25) is 4.79 Å². The van der Waals surface area contributed by atoms with Crippen molar-refractivity contribution in [2.45, 2.75) is 23.6 Å². The van der Waals surface area contributed by atoms with Gasteiger partial charge in [0.2, 0.25) is 0 Å². The summed E-state index contributed by atoms with van der Waals surface area (Å²) in [5.41, 5.74) is 0.983. The molecule has 1 aromatic carbocycles. The van der Waals surface area contributed by atoms with Crippen LogP contribution in [0.1, 0.15) is 19.3 Å². The van der Waals surface area contributed by atoms with E-state index in [1.165, 1.54) is 18.2 Å². The number of para-hydroxylation sites is 1. The van der Waals surface area contributed by atoms with E-state index < -0.39 is 0 Å². The van der Waals surface area contributed by atoms with Crippen molar-refractivity contribution in [2.75, 3.05) is 13.1 Å². The van der Waals surface area contributed by atoms with Crippen LogP contribution in [0.25, 0.3) is 10.2 Å². The van der Waals surface area contributed by atoms with Crippen molar-refractivity contribution in [1.29, 1.82) is 0 Å². The van der Waals surface area contributed by atoms with Crippen LogP contribution in [-0.4, -0.2) is 28.2 Å². The molecule has 18 heavy (non-hydrogen) atoms. The topological polar surface area (TPSA) is 33.2 Å². The van der Waals surface area contributed by atoms with E-state index >= 15 is 0 Å². The van der Waals surface area contributed by atoms with E-state index in [9.17, 15) is 4.79 Å². The number of thiazole rings is 1. The third-order valence-electron chi connectivity index (χ3n) is 3.06. The molecule has 3 nitrogen and oxygen atoms in total. The summed E-state index contributed by atoms with van der Waals surface area (Å²) in [5, 5.41) is 0.147. The molecule has 2 aromatic rings. The third kappa shape index (κ3) is 2.52. The van der Waals surface area contributed by atoms with Crippen molar-refractivity contribution in [3.63, 3.8) is 0 Å². The van der Waals surface area contributed by atoms with Crippen molar-refractivity contribution in [1.82, 2.24) is 9.88 Å². The summed E-state index contributed by atoms with van der Waals surface area (Å²) in [6.07, 6.45) is 3.51. The first-order chi connectivity index (χ1) is 8.83. The zero-order chi connectivity index (χ0) is 12.4. The summed E-state index contributed by atoms with van der Waals surface area (Å²) in [6, 6.07) is 8.01.